The first-order valence-electron chi connectivity index (χ1n) is 10.5. The molecule has 0 aliphatic carbocycles. The van der Waals surface area contributed by atoms with Crippen LogP contribution in [-0.2, 0) is 17.8 Å². The average molecular weight is 541 g/mol. The second-order valence-corrected chi connectivity index (χ2v) is 11.4. The van der Waals surface area contributed by atoms with Gasteiger partial charge in [-0.25, -0.2) is 4.98 Å². The van der Waals surface area contributed by atoms with E-state index in [1.807, 2.05) is 56.3 Å². The van der Waals surface area contributed by atoms with Crippen LogP contribution in [0, 0.1) is 0 Å². The van der Waals surface area contributed by atoms with Gasteiger partial charge in [-0.3, -0.25) is 14.2 Å². The van der Waals surface area contributed by atoms with Gasteiger partial charge in [0, 0.05) is 21.3 Å². The Morgan fingerprint density at radius 1 is 1.18 bits per heavy atom. The van der Waals surface area contributed by atoms with Crippen LogP contribution in [0.15, 0.2) is 69.0 Å². The van der Waals surface area contributed by atoms with Crippen LogP contribution in [0.1, 0.15) is 34.6 Å². The first-order valence-corrected chi connectivity index (χ1v) is 13.1. The Hall–Kier alpha value is -2.26. The zero-order valence-electron chi connectivity index (χ0n) is 18.1. The van der Waals surface area contributed by atoms with Gasteiger partial charge in [-0.05, 0) is 43.7 Å². The first-order chi connectivity index (χ1) is 15.8. The zero-order valence-corrected chi connectivity index (χ0v) is 21.4. The molecule has 5 nitrogen and oxygen atoms in total. The van der Waals surface area contributed by atoms with Crippen molar-refractivity contribution in [3.63, 3.8) is 0 Å². The Balaban J connectivity index is 1.59. The molecule has 4 aromatic rings. The summed E-state index contributed by atoms with van der Waals surface area (Å²) in [5.41, 5.74) is 1.99. The molecule has 168 valence electrons. The number of hydrogen-bond donors (Lipinski definition) is 0. The highest BCUT2D eigenvalue weighted by Crippen LogP contribution is 2.38. The van der Waals surface area contributed by atoms with Crippen molar-refractivity contribution >= 4 is 55.0 Å². The maximum absolute atomic E-state index is 13.8. The Morgan fingerprint density at radius 2 is 1.91 bits per heavy atom. The van der Waals surface area contributed by atoms with E-state index in [4.69, 9.17) is 9.72 Å². The van der Waals surface area contributed by atoms with E-state index in [-0.39, 0.29) is 22.7 Å². The average Bonchev–Trinajstić information content (AvgIpc) is 3.15. The fourth-order valence-corrected chi connectivity index (χ4v) is 6.24. The summed E-state index contributed by atoms with van der Waals surface area (Å²) >= 11 is 6.20. The number of ketones is 1. The summed E-state index contributed by atoms with van der Waals surface area (Å²) < 4.78 is 8.52. The number of benzene rings is 2. The molecule has 3 heterocycles. The molecule has 0 saturated heterocycles. The number of carbonyl (C=O) groups excluding carboxylic acids is 1. The highest BCUT2D eigenvalue weighted by atomic mass is 79.9. The topological polar surface area (TPSA) is 61.2 Å². The van der Waals surface area contributed by atoms with E-state index < -0.39 is 0 Å². The number of thiophene rings is 1. The maximum atomic E-state index is 13.8. The van der Waals surface area contributed by atoms with Gasteiger partial charge in [0.1, 0.15) is 4.83 Å². The lowest BCUT2D eigenvalue weighted by atomic mass is 9.94. The molecule has 0 radical (unpaired) electrons. The molecular formula is C25H21BrN2O3S2. The summed E-state index contributed by atoms with van der Waals surface area (Å²) in [6.45, 7) is 4.57. The number of hydrogen-bond acceptors (Lipinski definition) is 6. The van der Waals surface area contributed by atoms with Crippen molar-refractivity contribution in [3.8, 4) is 5.69 Å². The summed E-state index contributed by atoms with van der Waals surface area (Å²) in [4.78, 5) is 33.3. The summed E-state index contributed by atoms with van der Waals surface area (Å²) in [5.74, 6) is 0.176. The smallest absolute Gasteiger partial charge is 0.267 e. The standard InChI is InChI=1S/C25H21BrN2O3S2/c1-25(2)12-18-20(13-31-25)33-22-21(18)23(30)28(17-6-4-3-5-7-17)24(27-22)32-14-19(29)15-8-10-16(26)11-9-15/h3-11H,12-14H2,1-2H3. The van der Waals surface area contributed by atoms with Crippen molar-refractivity contribution in [2.75, 3.05) is 5.75 Å². The number of fused-ring (bicyclic) bond motifs is 3. The van der Waals surface area contributed by atoms with Crippen LogP contribution in [0.4, 0.5) is 0 Å². The number of para-hydroxylation sites is 1. The van der Waals surface area contributed by atoms with E-state index in [2.05, 4.69) is 15.9 Å². The molecule has 1 aliphatic rings. The molecule has 0 spiro atoms. The zero-order chi connectivity index (χ0) is 23.2. The lowest BCUT2D eigenvalue weighted by Gasteiger charge is -2.29. The molecule has 2 aromatic heterocycles. The molecular weight excluding hydrogens is 520 g/mol. The predicted octanol–water partition coefficient (Wildman–Crippen LogP) is 6.04. The molecule has 1 aliphatic heterocycles. The quantitative estimate of drug-likeness (QED) is 0.175. The van der Waals surface area contributed by atoms with Gasteiger partial charge in [0.05, 0.1) is 29.0 Å². The van der Waals surface area contributed by atoms with E-state index in [1.165, 1.54) is 23.1 Å². The number of nitrogens with zero attached hydrogens (tertiary/aromatic N) is 2. The highest BCUT2D eigenvalue weighted by molar-refractivity contribution is 9.10. The van der Waals surface area contributed by atoms with E-state index in [9.17, 15) is 9.59 Å². The second kappa shape index (κ2) is 8.83. The SMILES string of the molecule is CC1(C)Cc2c(sc3nc(SCC(=O)c4ccc(Br)cc4)n(-c4ccccc4)c(=O)c23)CO1. The van der Waals surface area contributed by atoms with Crippen molar-refractivity contribution in [2.24, 2.45) is 0 Å². The highest BCUT2D eigenvalue weighted by Gasteiger charge is 2.31. The van der Waals surface area contributed by atoms with Crippen molar-refractivity contribution < 1.29 is 9.53 Å². The summed E-state index contributed by atoms with van der Waals surface area (Å²) in [5, 5.41) is 1.18. The third-order valence-electron chi connectivity index (χ3n) is 5.59. The van der Waals surface area contributed by atoms with Crippen LogP contribution in [0.25, 0.3) is 15.9 Å². The minimum absolute atomic E-state index is 0.0120. The van der Waals surface area contributed by atoms with E-state index >= 15 is 0 Å². The number of ether oxygens (including phenoxy) is 1. The van der Waals surface area contributed by atoms with Gasteiger partial charge in [-0.15, -0.1) is 11.3 Å². The molecule has 8 heteroatoms. The van der Waals surface area contributed by atoms with Crippen molar-refractivity contribution in [2.45, 2.75) is 37.6 Å². The van der Waals surface area contributed by atoms with Crippen molar-refractivity contribution in [1.82, 2.24) is 9.55 Å². The molecule has 5 rings (SSSR count). The van der Waals surface area contributed by atoms with Crippen LogP contribution in [0.3, 0.4) is 0 Å². The molecule has 0 saturated carbocycles. The molecule has 33 heavy (non-hydrogen) atoms. The molecule has 0 amide bonds. The minimum Gasteiger partial charge on any atom is -0.370 e. The minimum atomic E-state index is -0.324. The molecule has 0 fully saturated rings. The van der Waals surface area contributed by atoms with E-state index in [0.717, 1.165) is 20.6 Å². The number of aromatic nitrogens is 2. The van der Waals surface area contributed by atoms with Gasteiger partial charge >= 0.3 is 0 Å². The van der Waals surface area contributed by atoms with Crippen LogP contribution in [-0.4, -0.2) is 26.7 Å². The van der Waals surface area contributed by atoms with E-state index in [1.54, 1.807) is 16.7 Å². The monoisotopic (exact) mass is 540 g/mol. The number of thioether (sulfide) groups is 1. The maximum Gasteiger partial charge on any atom is 0.267 e. The Bertz CT molecular complexity index is 1410. The molecule has 0 N–H and O–H groups in total. The molecule has 0 bridgehead atoms. The van der Waals surface area contributed by atoms with Crippen molar-refractivity contribution in [3.05, 3.63) is 85.4 Å². The second-order valence-electron chi connectivity index (χ2n) is 8.50. The van der Waals surface area contributed by atoms with Gasteiger partial charge in [0.25, 0.3) is 5.56 Å². The molecule has 0 atom stereocenters. The summed E-state index contributed by atoms with van der Waals surface area (Å²) in [7, 11) is 0. The molecule has 0 unspecified atom stereocenters. The van der Waals surface area contributed by atoms with Crippen LogP contribution in [0.5, 0.6) is 0 Å². The van der Waals surface area contributed by atoms with Gasteiger partial charge in [0.2, 0.25) is 0 Å². The summed E-state index contributed by atoms with van der Waals surface area (Å²) in [6.07, 6.45) is 0.669. The third-order valence-corrected chi connectivity index (χ3v) is 8.15. The van der Waals surface area contributed by atoms with Gasteiger partial charge < -0.3 is 4.74 Å². The summed E-state index contributed by atoms with van der Waals surface area (Å²) in [6, 6.07) is 16.8. The fraction of sp³-hybridized carbons (Fsp3) is 0.240. The lowest BCUT2D eigenvalue weighted by Crippen LogP contribution is -2.32. The first kappa shape index (κ1) is 22.5. The van der Waals surface area contributed by atoms with Gasteiger partial charge in [-0.1, -0.05) is 58.0 Å². The van der Waals surface area contributed by atoms with Gasteiger partial charge in [-0.2, -0.15) is 0 Å². The van der Waals surface area contributed by atoms with Crippen LogP contribution in [0.2, 0.25) is 0 Å². The lowest BCUT2D eigenvalue weighted by molar-refractivity contribution is -0.0379. The third kappa shape index (κ3) is 4.45. The number of Topliss-reactive ketones (excluding diaryl/α,β-unsaturated/α-hetero) is 1. The largest absolute Gasteiger partial charge is 0.370 e. The fourth-order valence-electron chi connectivity index (χ4n) is 3.92. The Labute approximate surface area is 207 Å². The van der Waals surface area contributed by atoms with Gasteiger partial charge in [0.15, 0.2) is 10.9 Å². The number of carbonyl (C=O) groups is 1. The predicted molar refractivity (Wildman–Crippen MR) is 137 cm³/mol. The number of rotatable bonds is 5. The van der Waals surface area contributed by atoms with Crippen LogP contribution >= 0.6 is 39.0 Å². The Morgan fingerprint density at radius 3 is 2.64 bits per heavy atom. The molecule has 2 aromatic carbocycles. The van der Waals surface area contributed by atoms with E-state index in [0.29, 0.717) is 34.0 Å². The van der Waals surface area contributed by atoms with Crippen LogP contribution < -0.4 is 5.56 Å². The Kier molecular flexibility index (Phi) is 6.03. The van der Waals surface area contributed by atoms with Crippen molar-refractivity contribution in [1.29, 1.82) is 0 Å². The normalized spacial score (nSPS) is 14.9. The number of halogens is 1.